The number of hydrogen-bond donors (Lipinski definition) is 4. The van der Waals surface area contributed by atoms with Crippen molar-refractivity contribution in [2.75, 3.05) is 56.4 Å². The molecule has 0 saturated carbocycles. The average molecular weight is 596 g/mol. The van der Waals surface area contributed by atoms with Crippen LogP contribution in [-0.4, -0.2) is 77.5 Å². The molecule has 2 aromatic carbocycles. The monoisotopic (exact) mass is 595 g/mol. The summed E-state index contributed by atoms with van der Waals surface area (Å²) in [5, 5.41) is 18.4. The third kappa shape index (κ3) is 6.99. The van der Waals surface area contributed by atoms with E-state index in [-0.39, 0.29) is 5.82 Å². The molecular formula is C30H39FN7O3P. The van der Waals surface area contributed by atoms with Gasteiger partial charge in [0.1, 0.15) is 17.3 Å². The van der Waals surface area contributed by atoms with Gasteiger partial charge in [-0.1, -0.05) is 12.1 Å². The van der Waals surface area contributed by atoms with Crippen LogP contribution in [0.3, 0.4) is 0 Å². The Balaban J connectivity index is 1.31. The van der Waals surface area contributed by atoms with Crippen LogP contribution in [0.5, 0.6) is 0 Å². The van der Waals surface area contributed by atoms with E-state index >= 15 is 4.39 Å². The first-order valence-corrected chi connectivity index (χ1v) is 15.2. The molecule has 10 nitrogen and oxygen atoms in total. The van der Waals surface area contributed by atoms with Gasteiger partial charge in [0.25, 0.3) is 0 Å². The zero-order chi connectivity index (χ0) is 29.9. The lowest BCUT2D eigenvalue weighted by atomic mass is 10.0. The van der Waals surface area contributed by atoms with Crippen LogP contribution < -0.4 is 20.8 Å². The average Bonchev–Trinajstić information content (AvgIpc) is 3.43. The minimum atomic E-state index is -1.26. The van der Waals surface area contributed by atoms with Crippen LogP contribution in [0, 0.1) is 5.82 Å². The fraction of sp³-hybridized carbons (Fsp3) is 0.400. The molecule has 1 fully saturated rings. The summed E-state index contributed by atoms with van der Waals surface area (Å²) in [5.41, 5.74) is 1.84. The number of para-hydroxylation sites is 1. The maximum Gasteiger partial charge on any atom is 0.231 e. The second-order valence-electron chi connectivity index (χ2n) is 11.1. The highest BCUT2D eigenvalue weighted by Crippen LogP contribution is 2.38. The maximum absolute atomic E-state index is 15.4. The van der Waals surface area contributed by atoms with E-state index in [2.05, 4.69) is 30.4 Å². The third-order valence-corrected chi connectivity index (χ3v) is 8.82. The highest BCUT2D eigenvalue weighted by Gasteiger charge is 2.27. The molecule has 4 aromatic rings. The first-order valence-electron chi connectivity index (χ1n) is 14.0. The van der Waals surface area contributed by atoms with Gasteiger partial charge < -0.3 is 39.6 Å². The van der Waals surface area contributed by atoms with E-state index in [0.717, 1.165) is 42.3 Å². The Kier molecular flexibility index (Phi) is 9.25. The number of halogens is 1. The first-order chi connectivity index (χ1) is 20.1. The van der Waals surface area contributed by atoms with Crippen LogP contribution in [0.1, 0.15) is 26.7 Å². The number of likely N-dealkylation sites (N-methyl/N-ethyl adjacent to an activating group) is 1. The fourth-order valence-corrected chi connectivity index (χ4v) is 6.56. The molecular weight excluding hydrogens is 556 g/mol. The van der Waals surface area contributed by atoms with Crippen molar-refractivity contribution in [1.82, 2.24) is 19.9 Å². The van der Waals surface area contributed by atoms with Crippen molar-refractivity contribution < 1.29 is 18.5 Å². The molecule has 224 valence electrons. The number of aromatic amines is 1. The molecule has 12 heteroatoms. The largest absolute Gasteiger partial charge is 0.389 e. The van der Waals surface area contributed by atoms with E-state index in [1.165, 1.54) is 6.07 Å². The van der Waals surface area contributed by atoms with Crippen LogP contribution in [0.2, 0.25) is 0 Å². The van der Waals surface area contributed by atoms with Gasteiger partial charge >= 0.3 is 0 Å². The SMILES string of the molecule is COP(OC)c1ccccc1Nc1nc(Nc2ccc(N3CCC(N(C)CC(C)(C)O)CC3)c(F)c2)nc2[nH]ccc12. The summed E-state index contributed by atoms with van der Waals surface area (Å²) in [5.74, 6) is 0.616. The van der Waals surface area contributed by atoms with Crippen LogP contribution in [-0.2, 0) is 9.05 Å². The number of fused-ring (bicyclic) bond motifs is 1. The van der Waals surface area contributed by atoms with Crippen LogP contribution >= 0.6 is 8.38 Å². The zero-order valence-corrected chi connectivity index (χ0v) is 25.6. The van der Waals surface area contributed by atoms with Crippen molar-refractivity contribution in [1.29, 1.82) is 0 Å². The summed E-state index contributed by atoms with van der Waals surface area (Å²) in [7, 11) is 4.02. The van der Waals surface area contributed by atoms with Crippen molar-refractivity contribution in [3.8, 4) is 0 Å². The molecule has 0 spiro atoms. The summed E-state index contributed by atoms with van der Waals surface area (Å²) >= 11 is 0. The highest BCUT2D eigenvalue weighted by atomic mass is 31.2. The molecule has 5 rings (SSSR count). The van der Waals surface area contributed by atoms with E-state index in [1.807, 2.05) is 57.3 Å². The Morgan fingerprint density at radius 3 is 2.52 bits per heavy atom. The molecule has 0 radical (unpaired) electrons. The summed E-state index contributed by atoms with van der Waals surface area (Å²) in [4.78, 5) is 16.8. The number of H-pyrrole nitrogens is 1. The summed E-state index contributed by atoms with van der Waals surface area (Å²) < 4.78 is 26.4. The predicted molar refractivity (Wildman–Crippen MR) is 168 cm³/mol. The van der Waals surface area contributed by atoms with Gasteiger partial charge in [-0.2, -0.15) is 9.97 Å². The smallest absolute Gasteiger partial charge is 0.231 e. The molecule has 0 amide bonds. The Bertz CT molecular complexity index is 1500. The molecule has 1 aliphatic heterocycles. The van der Waals surface area contributed by atoms with Gasteiger partial charge in [-0.15, -0.1) is 0 Å². The van der Waals surface area contributed by atoms with Crippen molar-refractivity contribution >= 4 is 53.5 Å². The Morgan fingerprint density at radius 2 is 1.83 bits per heavy atom. The van der Waals surface area contributed by atoms with Gasteiger partial charge in [0.05, 0.1) is 27.7 Å². The molecule has 0 bridgehead atoms. The van der Waals surface area contributed by atoms with Crippen molar-refractivity contribution in [2.24, 2.45) is 0 Å². The highest BCUT2D eigenvalue weighted by molar-refractivity contribution is 7.56. The summed E-state index contributed by atoms with van der Waals surface area (Å²) in [6.07, 6.45) is 3.62. The number of aromatic nitrogens is 3. The lowest BCUT2D eigenvalue weighted by Crippen LogP contribution is -2.47. The number of hydrogen-bond acceptors (Lipinski definition) is 9. The number of anilines is 5. The summed E-state index contributed by atoms with van der Waals surface area (Å²) in [6, 6.07) is 15.2. The lowest BCUT2D eigenvalue weighted by molar-refractivity contribution is 0.0274. The van der Waals surface area contributed by atoms with Crippen molar-refractivity contribution in [3.05, 3.63) is 60.5 Å². The number of piperidine rings is 1. The minimum Gasteiger partial charge on any atom is -0.389 e. The molecule has 0 aliphatic carbocycles. The van der Waals surface area contributed by atoms with E-state index in [4.69, 9.17) is 14.0 Å². The van der Waals surface area contributed by atoms with Gasteiger partial charge in [-0.3, -0.25) is 0 Å². The zero-order valence-electron chi connectivity index (χ0n) is 24.7. The van der Waals surface area contributed by atoms with E-state index < -0.39 is 14.0 Å². The van der Waals surface area contributed by atoms with Gasteiger partial charge in [-0.05, 0) is 70.1 Å². The van der Waals surface area contributed by atoms with Crippen LogP contribution in [0.4, 0.5) is 33.2 Å². The van der Waals surface area contributed by atoms with Crippen molar-refractivity contribution in [3.63, 3.8) is 0 Å². The normalized spacial score (nSPS) is 14.7. The molecule has 1 saturated heterocycles. The van der Waals surface area contributed by atoms with E-state index in [1.54, 1.807) is 26.5 Å². The van der Waals surface area contributed by atoms with Crippen LogP contribution in [0.25, 0.3) is 11.0 Å². The fourth-order valence-electron chi connectivity index (χ4n) is 5.49. The lowest BCUT2D eigenvalue weighted by Gasteiger charge is -2.39. The van der Waals surface area contributed by atoms with Crippen molar-refractivity contribution in [2.45, 2.75) is 38.3 Å². The number of aliphatic hydroxyl groups is 1. The molecule has 1 aliphatic rings. The maximum atomic E-state index is 15.4. The first kappa shape index (κ1) is 30.1. The molecule has 3 heterocycles. The second kappa shape index (κ2) is 12.9. The van der Waals surface area contributed by atoms with Gasteiger partial charge in [0.15, 0.2) is 0 Å². The number of nitrogens with zero attached hydrogens (tertiary/aromatic N) is 4. The molecule has 2 aromatic heterocycles. The summed E-state index contributed by atoms with van der Waals surface area (Å²) in [6.45, 7) is 5.75. The molecule has 0 unspecified atom stereocenters. The van der Waals surface area contributed by atoms with Gasteiger partial charge in [-0.25, -0.2) is 4.39 Å². The molecule has 4 N–H and O–H groups in total. The van der Waals surface area contributed by atoms with E-state index in [0.29, 0.717) is 41.4 Å². The molecule has 42 heavy (non-hydrogen) atoms. The quantitative estimate of drug-likeness (QED) is 0.167. The number of nitrogens with one attached hydrogen (secondary N) is 3. The molecule has 0 atom stereocenters. The van der Waals surface area contributed by atoms with E-state index in [9.17, 15) is 5.11 Å². The Hall–Kier alpha value is -3.34. The predicted octanol–water partition coefficient (Wildman–Crippen LogP) is 5.49. The Labute approximate surface area is 247 Å². The topological polar surface area (TPSA) is 111 Å². The number of rotatable bonds is 11. The van der Waals surface area contributed by atoms with Gasteiger partial charge in [0.2, 0.25) is 14.3 Å². The van der Waals surface area contributed by atoms with Crippen LogP contribution in [0.15, 0.2) is 54.7 Å². The second-order valence-corrected chi connectivity index (χ2v) is 12.9. The number of benzene rings is 2. The minimum absolute atomic E-state index is 0.302. The third-order valence-electron chi connectivity index (χ3n) is 7.37. The standard InChI is InChI=1S/C30H39FN7O3P/c1-30(2,39)19-37(3)21-13-16-38(17-14-21)25-11-10-20(18-23(25)31)33-29-35-27-22(12-15-32-27)28(36-29)34-24-8-6-7-9-26(24)42(40-4)41-5/h6-12,15,18,21,39H,13-14,16-17,19H2,1-5H3,(H3,32,33,34,35,36). The van der Waals surface area contributed by atoms with Gasteiger partial charge in [0, 0.05) is 51.8 Å². The Morgan fingerprint density at radius 1 is 1.10 bits per heavy atom.